The van der Waals surface area contributed by atoms with Crippen molar-refractivity contribution in [2.75, 3.05) is 11.9 Å². The number of rotatable bonds is 0. The van der Waals surface area contributed by atoms with E-state index >= 15 is 0 Å². The van der Waals surface area contributed by atoms with Crippen LogP contribution < -0.4 is 10.6 Å². The van der Waals surface area contributed by atoms with Gasteiger partial charge in [0.25, 0.3) is 0 Å². The highest BCUT2D eigenvalue weighted by Crippen LogP contribution is 2.22. The molecule has 68 valence electrons. The number of carbonyl (C=O) groups is 1. The first-order chi connectivity index (χ1) is 6.25. The minimum atomic E-state index is 0.0110. The first-order valence-electron chi connectivity index (χ1n) is 4.05. The van der Waals surface area contributed by atoms with Gasteiger partial charge < -0.3 is 10.6 Å². The first-order valence-corrected chi connectivity index (χ1v) is 4.84. The van der Waals surface area contributed by atoms with E-state index in [9.17, 15) is 4.79 Å². The fourth-order valence-corrected chi connectivity index (χ4v) is 1.69. The Morgan fingerprint density at radius 1 is 1.31 bits per heavy atom. The third kappa shape index (κ3) is 1.89. The van der Waals surface area contributed by atoms with Crippen LogP contribution >= 0.6 is 15.9 Å². The van der Waals surface area contributed by atoms with Crippen molar-refractivity contribution in [2.24, 2.45) is 0 Å². The Hall–Kier alpha value is -0.870. The maximum atomic E-state index is 11.2. The number of fused-ring (bicyclic) bond motifs is 1. The van der Waals surface area contributed by atoms with Crippen LogP contribution in [0, 0.1) is 0 Å². The van der Waals surface area contributed by atoms with Gasteiger partial charge in [-0.3, -0.25) is 4.79 Å². The summed E-state index contributed by atoms with van der Waals surface area (Å²) in [6.45, 7) is 1.12. The van der Waals surface area contributed by atoms with Crippen molar-refractivity contribution < 1.29 is 4.79 Å². The molecule has 0 fully saturated rings. The molecule has 1 aromatic rings. The van der Waals surface area contributed by atoms with E-state index < -0.39 is 0 Å². The monoisotopic (exact) mass is 240 g/mol. The smallest absolute Gasteiger partial charge is 0.238 e. The summed E-state index contributed by atoms with van der Waals surface area (Å²) in [4.78, 5) is 11.2. The largest absolute Gasteiger partial charge is 0.325 e. The van der Waals surface area contributed by atoms with Crippen LogP contribution in [0.3, 0.4) is 0 Å². The topological polar surface area (TPSA) is 41.1 Å². The standard InChI is InChI=1S/C9H9BrN2O/c10-7-2-1-6-4-11-5-9(13)12-8(6)3-7/h1-3,11H,4-5H2,(H,12,13). The molecule has 0 bridgehead atoms. The number of hydrogen-bond donors (Lipinski definition) is 2. The van der Waals surface area contributed by atoms with Gasteiger partial charge in [-0.25, -0.2) is 0 Å². The quantitative estimate of drug-likeness (QED) is 0.722. The second-order valence-electron chi connectivity index (χ2n) is 2.95. The summed E-state index contributed by atoms with van der Waals surface area (Å²) in [6.07, 6.45) is 0. The van der Waals surface area contributed by atoms with Crippen molar-refractivity contribution in [2.45, 2.75) is 6.54 Å². The first kappa shape index (κ1) is 8.72. The molecule has 1 aliphatic heterocycles. The van der Waals surface area contributed by atoms with Crippen molar-refractivity contribution in [3.63, 3.8) is 0 Å². The minimum absolute atomic E-state index is 0.0110. The predicted octanol–water partition coefficient (Wildman–Crippen LogP) is 1.49. The second kappa shape index (κ2) is 3.47. The molecule has 0 saturated heterocycles. The number of carbonyl (C=O) groups excluding carboxylic acids is 1. The zero-order valence-corrected chi connectivity index (χ0v) is 8.52. The van der Waals surface area contributed by atoms with Gasteiger partial charge in [0.2, 0.25) is 5.91 Å². The molecule has 3 nitrogen and oxygen atoms in total. The molecule has 0 saturated carbocycles. The fourth-order valence-electron chi connectivity index (χ4n) is 1.32. The predicted molar refractivity (Wildman–Crippen MR) is 54.5 cm³/mol. The number of hydrogen-bond acceptors (Lipinski definition) is 2. The SMILES string of the molecule is O=C1CNCc2ccc(Br)cc2N1. The number of nitrogens with one attached hydrogen (secondary N) is 2. The Kier molecular flexibility index (Phi) is 2.33. The molecular weight excluding hydrogens is 232 g/mol. The van der Waals surface area contributed by atoms with Gasteiger partial charge in [-0.1, -0.05) is 22.0 Å². The van der Waals surface area contributed by atoms with E-state index in [0.29, 0.717) is 6.54 Å². The lowest BCUT2D eigenvalue weighted by molar-refractivity contribution is -0.115. The number of anilines is 1. The normalized spacial score (nSPS) is 15.9. The lowest BCUT2D eigenvalue weighted by Crippen LogP contribution is -2.23. The van der Waals surface area contributed by atoms with Gasteiger partial charge in [0.15, 0.2) is 0 Å². The maximum Gasteiger partial charge on any atom is 0.238 e. The third-order valence-electron chi connectivity index (χ3n) is 1.95. The zero-order chi connectivity index (χ0) is 9.26. The molecule has 0 aromatic heterocycles. The Bertz CT molecular complexity index is 351. The van der Waals surface area contributed by atoms with Crippen LogP contribution in [0.15, 0.2) is 22.7 Å². The van der Waals surface area contributed by atoms with Crippen LogP contribution in [0.5, 0.6) is 0 Å². The van der Waals surface area contributed by atoms with Crippen LogP contribution in [0.2, 0.25) is 0 Å². The van der Waals surface area contributed by atoms with Crippen molar-refractivity contribution in [1.82, 2.24) is 5.32 Å². The molecule has 1 heterocycles. The summed E-state index contributed by atoms with van der Waals surface area (Å²) in [5.74, 6) is 0.0110. The van der Waals surface area contributed by atoms with Crippen LogP contribution in [0.25, 0.3) is 0 Å². The van der Waals surface area contributed by atoms with Gasteiger partial charge in [-0.2, -0.15) is 0 Å². The average molecular weight is 241 g/mol. The van der Waals surface area contributed by atoms with E-state index in [1.807, 2.05) is 18.2 Å². The highest BCUT2D eigenvalue weighted by molar-refractivity contribution is 9.10. The number of benzene rings is 1. The van der Waals surface area contributed by atoms with Crippen molar-refractivity contribution >= 4 is 27.5 Å². The Morgan fingerprint density at radius 3 is 3.00 bits per heavy atom. The molecule has 2 rings (SSSR count). The zero-order valence-electron chi connectivity index (χ0n) is 6.93. The van der Waals surface area contributed by atoms with Gasteiger partial charge in [0.05, 0.1) is 6.54 Å². The lowest BCUT2D eigenvalue weighted by atomic mass is 10.2. The molecule has 0 spiro atoms. The molecule has 1 aliphatic rings. The molecule has 1 aromatic carbocycles. The fraction of sp³-hybridized carbons (Fsp3) is 0.222. The van der Waals surface area contributed by atoms with E-state index in [2.05, 4.69) is 26.6 Å². The highest BCUT2D eigenvalue weighted by atomic mass is 79.9. The summed E-state index contributed by atoms with van der Waals surface area (Å²) in [7, 11) is 0. The average Bonchev–Trinajstić information content (AvgIpc) is 2.25. The number of amides is 1. The summed E-state index contributed by atoms with van der Waals surface area (Å²) in [6, 6.07) is 5.89. The van der Waals surface area contributed by atoms with Crippen LogP contribution in [-0.2, 0) is 11.3 Å². The molecular formula is C9H9BrN2O. The van der Waals surface area contributed by atoms with E-state index in [-0.39, 0.29) is 5.91 Å². The van der Waals surface area contributed by atoms with E-state index in [1.54, 1.807) is 0 Å². The van der Waals surface area contributed by atoms with Crippen molar-refractivity contribution in [3.8, 4) is 0 Å². The minimum Gasteiger partial charge on any atom is -0.325 e. The summed E-state index contributed by atoms with van der Waals surface area (Å²) < 4.78 is 0.980. The molecule has 13 heavy (non-hydrogen) atoms. The van der Waals surface area contributed by atoms with Gasteiger partial charge in [0, 0.05) is 16.7 Å². The van der Waals surface area contributed by atoms with E-state index in [4.69, 9.17) is 0 Å². The van der Waals surface area contributed by atoms with Crippen LogP contribution in [0.1, 0.15) is 5.56 Å². The Balaban J connectivity index is 2.40. The number of halogens is 1. The van der Waals surface area contributed by atoms with Crippen LogP contribution in [-0.4, -0.2) is 12.5 Å². The summed E-state index contributed by atoms with van der Waals surface area (Å²) >= 11 is 3.36. The van der Waals surface area contributed by atoms with Gasteiger partial charge >= 0.3 is 0 Å². The highest BCUT2D eigenvalue weighted by Gasteiger charge is 2.11. The summed E-state index contributed by atoms with van der Waals surface area (Å²) in [5, 5.41) is 5.88. The van der Waals surface area contributed by atoms with Gasteiger partial charge in [-0.15, -0.1) is 0 Å². The molecule has 0 atom stereocenters. The lowest BCUT2D eigenvalue weighted by Gasteiger charge is -2.05. The second-order valence-corrected chi connectivity index (χ2v) is 3.87. The third-order valence-corrected chi connectivity index (χ3v) is 2.44. The molecule has 0 aliphatic carbocycles. The summed E-state index contributed by atoms with van der Waals surface area (Å²) in [5.41, 5.74) is 2.01. The van der Waals surface area contributed by atoms with Crippen LogP contribution in [0.4, 0.5) is 5.69 Å². The van der Waals surface area contributed by atoms with Crippen molar-refractivity contribution in [1.29, 1.82) is 0 Å². The molecule has 0 unspecified atom stereocenters. The Morgan fingerprint density at radius 2 is 2.15 bits per heavy atom. The molecule has 0 radical (unpaired) electrons. The molecule has 1 amide bonds. The van der Waals surface area contributed by atoms with Gasteiger partial charge in [-0.05, 0) is 17.7 Å². The molecule has 4 heteroatoms. The van der Waals surface area contributed by atoms with Gasteiger partial charge in [0.1, 0.15) is 0 Å². The maximum absolute atomic E-state index is 11.2. The Labute approximate surface area is 84.6 Å². The van der Waals surface area contributed by atoms with E-state index in [0.717, 1.165) is 22.3 Å². The van der Waals surface area contributed by atoms with E-state index in [1.165, 1.54) is 0 Å². The molecule has 2 N–H and O–H groups in total. The van der Waals surface area contributed by atoms with Crippen molar-refractivity contribution in [3.05, 3.63) is 28.2 Å².